The summed E-state index contributed by atoms with van der Waals surface area (Å²) >= 11 is 0. The van der Waals surface area contributed by atoms with E-state index in [2.05, 4.69) is 6.07 Å². The molecule has 0 atom stereocenters. The third-order valence-corrected chi connectivity index (χ3v) is 3.64. The molecular weight excluding hydrogens is 300 g/mol. The van der Waals surface area contributed by atoms with Gasteiger partial charge in [-0.2, -0.15) is 5.26 Å². The summed E-state index contributed by atoms with van der Waals surface area (Å²) in [4.78, 5) is 11.0. The van der Waals surface area contributed by atoms with E-state index in [9.17, 15) is 15.2 Å². The molecule has 1 heterocycles. The Kier molecular flexibility index (Phi) is 4.26. The molecule has 0 saturated carbocycles. The number of aromatic nitrogens is 1. The first-order chi connectivity index (χ1) is 11.7. The highest BCUT2D eigenvalue weighted by Crippen LogP contribution is 2.21. The van der Waals surface area contributed by atoms with E-state index < -0.39 is 5.97 Å². The van der Waals surface area contributed by atoms with Crippen LogP contribution < -0.4 is 5.11 Å². The van der Waals surface area contributed by atoms with Gasteiger partial charge in [0, 0.05) is 17.6 Å². The molecule has 116 valence electrons. The predicted octanol–water partition coefficient (Wildman–Crippen LogP) is 2.90. The van der Waals surface area contributed by atoms with Gasteiger partial charge in [-0.15, -0.1) is 0 Å². The zero-order chi connectivity index (χ0) is 16.9. The maximum absolute atomic E-state index is 11.0. The lowest BCUT2D eigenvalue weighted by atomic mass is 10.1. The van der Waals surface area contributed by atoms with Crippen LogP contribution in [0.4, 0.5) is 0 Å². The zero-order valence-corrected chi connectivity index (χ0v) is 12.7. The summed E-state index contributed by atoms with van der Waals surface area (Å²) in [5, 5.41) is 20.5. The Labute approximate surface area is 139 Å². The molecule has 2 aromatic carbocycles. The van der Waals surface area contributed by atoms with Gasteiger partial charge in [0.2, 0.25) is 0 Å². The Morgan fingerprint density at radius 1 is 1.00 bits per heavy atom. The van der Waals surface area contributed by atoms with E-state index in [0.29, 0.717) is 11.3 Å². The third-order valence-electron chi connectivity index (χ3n) is 3.64. The molecule has 0 saturated heterocycles. The molecule has 3 aromatic rings. The van der Waals surface area contributed by atoms with Crippen molar-refractivity contribution in [3.05, 3.63) is 89.7 Å². The first-order valence-electron chi connectivity index (χ1n) is 7.35. The van der Waals surface area contributed by atoms with E-state index >= 15 is 0 Å². The van der Waals surface area contributed by atoms with Gasteiger partial charge in [0.1, 0.15) is 0 Å². The number of aromatic carboxylic acids is 1. The summed E-state index contributed by atoms with van der Waals surface area (Å²) in [6.45, 7) is 0. The number of nitrogens with zero attached hydrogens (tertiary/aromatic N) is 2. The molecule has 0 radical (unpaired) electrons. The van der Waals surface area contributed by atoms with Gasteiger partial charge in [-0.05, 0) is 41.5 Å². The summed E-state index contributed by atoms with van der Waals surface area (Å²) in [5.74, 6) is -1.22. The predicted molar refractivity (Wildman–Crippen MR) is 90.0 cm³/mol. The summed E-state index contributed by atoms with van der Waals surface area (Å²) in [7, 11) is 0. The summed E-state index contributed by atoms with van der Waals surface area (Å²) in [6.07, 6.45) is 3.60. The molecule has 4 heteroatoms. The summed E-state index contributed by atoms with van der Waals surface area (Å²) in [5.41, 5.74) is 2.95. The second-order valence-electron chi connectivity index (χ2n) is 5.18. The Hall–Kier alpha value is -3.58. The zero-order valence-electron chi connectivity index (χ0n) is 12.7. The second kappa shape index (κ2) is 6.67. The van der Waals surface area contributed by atoms with Crippen LogP contribution >= 0.6 is 0 Å². The van der Waals surface area contributed by atoms with E-state index in [1.165, 1.54) is 6.07 Å². The molecule has 0 fully saturated rings. The molecule has 24 heavy (non-hydrogen) atoms. The topological polar surface area (TPSA) is 68.8 Å². The van der Waals surface area contributed by atoms with Crippen LogP contribution in [-0.2, 0) is 0 Å². The smallest absolute Gasteiger partial charge is 0.0998 e. The number of carboxylic acids is 1. The van der Waals surface area contributed by atoms with Crippen molar-refractivity contribution in [2.75, 3.05) is 0 Å². The molecule has 0 aliphatic rings. The van der Waals surface area contributed by atoms with Crippen LogP contribution in [0.1, 0.15) is 21.6 Å². The van der Waals surface area contributed by atoms with E-state index in [4.69, 9.17) is 0 Å². The molecule has 0 aliphatic carbocycles. The lowest BCUT2D eigenvalue weighted by molar-refractivity contribution is -0.255. The molecule has 0 aliphatic heterocycles. The molecule has 1 aromatic heterocycles. The van der Waals surface area contributed by atoms with Gasteiger partial charge in [-0.1, -0.05) is 42.5 Å². The van der Waals surface area contributed by atoms with Gasteiger partial charge in [0.25, 0.3) is 0 Å². The molecule has 0 unspecified atom stereocenters. The maximum Gasteiger partial charge on any atom is 0.0998 e. The Bertz CT molecular complexity index is 947. The summed E-state index contributed by atoms with van der Waals surface area (Å²) < 4.78 is 1.83. The number of hydrogen-bond donors (Lipinski definition) is 0. The van der Waals surface area contributed by atoms with Crippen molar-refractivity contribution in [2.45, 2.75) is 0 Å². The van der Waals surface area contributed by atoms with Crippen molar-refractivity contribution < 1.29 is 9.90 Å². The minimum Gasteiger partial charge on any atom is -0.545 e. The number of hydrogen-bond acceptors (Lipinski definition) is 3. The van der Waals surface area contributed by atoms with Gasteiger partial charge < -0.3 is 14.5 Å². The average molecular weight is 313 g/mol. The Morgan fingerprint density at radius 2 is 1.75 bits per heavy atom. The number of carbonyl (C=O) groups excluding carboxylic acids is 1. The van der Waals surface area contributed by atoms with Crippen LogP contribution in [0.5, 0.6) is 0 Å². The van der Waals surface area contributed by atoms with Gasteiger partial charge >= 0.3 is 0 Å². The molecule has 3 rings (SSSR count). The van der Waals surface area contributed by atoms with E-state index in [1.807, 2.05) is 53.2 Å². The van der Waals surface area contributed by atoms with Crippen molar-refractivity contribution in [3.63, 3.8) is 0 Å². The molecule has 0 N–H and O–H groups in total. The third kappa shape index (κ3) is 3.11. The fourth-order valence-electron chi connectivity index (χ4n) is 2.48. The molecule has 0 spiro atoms. The van der Waals surface area contributed by atoms with Crippen molar-refractivity contribution in [2.24, 2.45) is 0 Å². The van der Waals surface area contributed by atoms with Crippen LogP contribution in [0.2, 0.25) is 0 Å². The SMILES string of the molecule is N#C/C(=C\c1cccn1-c1cccc(C(=O)[O-])c1)c1ccccc1. The monoisotopic (exact) mass is 313 g/mol. The van der Waals surface area contributed by atoms with Crippen molar-refractivity contribution in [1.82, 2.24) is 4.57 Å². The number of nitriles is 1. The van der Waals surface area contributed by atoms with Crippen molar-refractivity contribution >= 4 is 17.6 Å². The second-order valence-corrected chi connectivity index (χ2v) is 5.18. The van der Waals surface area contributed by atoms with Crippen LogP contribution in [0.15, 0.2) is 72.9 Å². The highest BCUT2D eigenvalue weighted by molar-refractivity contribution is 5.89. The minimum absolute atomic E-state index is 0.111. The van der Waals surface area contributed by atoms with Crippen molar-refractivity contribution in [3.8, 4) is 11.8 Å². The van der Waals surface area contributed by atoms with Crippen LogP contribution in [-0.4, -0.2) is 10.5 Å². The van der Waals surface area contributed by atoms with Crippen LogP contribution in [0.25, 0.3) is 17.3 Å². The number of carboxylic acid groups (broad SMARTS) is 1. The largest absolute Gasteiger partial charge is 0.545 e. The summed E-state index contributed by atoms with van der Waals surface area (Å²) in [6, 6.07) is 21.8. The Morgan fingerprint density at radius 3 is 2.46 bits per heavy atom. The van der Waals surface area contributed by atoms with Crippen molar-refractivity contribution in [1.29, 1.82) is 5.26 Å². The first-order valence-corrected chi connectivity index (χ1v) is 7.35. The quantitative estimate of drug-likeness (QED) is 0.695. The van der Waals surface area contributed by atoms with Crippen LogP contribution in [0.3, 0.4) is 0 Å². The number of rotatable bonds is 4. The fraction of sp³-hybridized carbons (Fsp3) is 0. The molecule has 4 nitrogen and oxygen atoms in total. The Balaban J connectivity index is 2.05. The number of benzene rings is 2. The van der Waals surface area contributed by atoms with Gasteiger partial charge in [-0.25, -0.2) is 0 Å². The minimum atomic E-state index is -1.22. The van der Waals surface area contributed by atoms with Gasteiger partial charge in [0.05, 0.1) is 17.6 Å². The molecule has 0 bridgehead atoms. The molecule has 0 amide bonds. The van der Waals surface area contributed by atoms with Crippen LogP contribution in [0, 0.1) is 11.3 Å². The van der Waals surface area contributed by atoms with Gasteiger partial charge in [0.15, 0.2) is 0 Å². The number of allylic oxidation sites excluding steroid dienone is 1. The lowest BCUT2D eigenvalue weighted by Crippen LogP contribution is -2.22. The number of carbonyl (C=O) groups is 1. The molecular formula is C20H13N2O2-. The average Bonchev–Trinajstić information content (AvgIpc) is 3.08. The first kappa shape index (κ1) is 15.3. The standard InChI is InChI=1S/C20H14N2O2/c21-14-17(15-6-2-1-3-7-15)13-19-10-5-11-22(19)18-9-4-8-16(12-18)20(23)24/h1-13H,(H,23,24)/p-1/b17-13+. The highest BCUT2D eigenvalue weighted by atomic mass is 16.4. The highest BCUT2D eigenvalue weighted by Gasteiger charge is 2.06. The lowest BCUT2D eigenvalue weighted by Gasteiger charge is -2.10. The normalized spacial score (nSPS) is 11.0. The van der Waals surface area contributed by atoms with E-state index in [-0.39, 0.29) is 5.56 Å². The van der Waals surface area contributed by atoms with E-state index in [1.54, 1.807) is 24.3 Å². The van der Waals surface area contributed by atoms with E-state index in [0.717, 1.165) is 11.3 Å². The van der Waals surface area contributed by atoms with Gasteiger partial charge in [-0.3, -0.25) is 0 Å². The fourth-order valence-corrected chi connectivity index (χ4v) is 2.48. The maximum atomic E-state index is 11.0.